The van der Waals surface area contributed by atoms with Crippen LogP contribution in [0.25, 0.3) is 21.8 Å². The zero-order valence-corrected chi connectivity index (χ0v) is 20.3. The minimum absolute atomic E-state index is 0.193. The van der Waals surface area contributed by atoms with Crippen molar-refractivity contribution in [2.45, 2.75) is 13.1 Å². The van der Waals surface area contributed by atoms with Gasteiger partial charge in [0.05, 0.1) is 23.3 Å². The van der Waals surface area contributed by atoms with Gasteiger partial charge in [-0.2, -0.15) is 10.2 Å². The van der Waals surface area contributed by atoms with Gasteiger partial charge in [0, 0.05) is 35.9 Å². The van der Waals surface area contributed by atoms with Gasteiger partial charge in [0.15, 0.2) is 11.4 Å². The third-order valence-corrected chi connectivity index (χ3v) is 5.70. The van der Waals surface area contributed by atoms with Crippen LogP contribution < -0.4 is 10.6 Å². The van der Waals surface area contributed by atoms with Crippen LogP contribution in [0.2, 0.25) is 0 Å². The Kier molecular flexibility index (Phi) is 7.40. The maximum atomic E-state index is 12.1. The average Bonchev–Trinajstić information content (AvgIpc) is 3.61. The number of hydrogen-bond donors (Lipinski definition) is 4. The molecule has 4 aromatic heterocycles. The van der Waals surface area contributed by atoms with Crippen LogP contribution in [0.5, 0.6) is 0 Å². The Morgan fingerprint density at radius 1 is 0.658 bits per heavy atom. The summed E-state index contributed by atoms with van der Waals surface area (Å²) < 4.78 is 0. The quantitative estimate of drug-likeness (QED) is 0.272. The second-order valence-electron chi connectivity index (χ2n) is 8.28. The highest BCUT2D eigenvalue weighted by atomic mass is 16.2. The average molecular weight is 505 g/mol. The standard InChI is InChI=1S/2C14H12N4O/c19-14(16-9-10-5-3-4-8-15-10)13-11-6-1-2-7-12(11)17-18-13;19-14(16-9-10-4-3-7-15-8-10)13-11-5-1-2-6-12(11)17-18-13/h2*1-8H,9H2,(H,16,19)(H,17,18). The first-order valence-electron chi connectivity index (χ1n) is 11.9. The molecule has 0 atom stereocenters. The largest absolute Gasteiger partial charge is 0.346 e. The van der Waals surface area contributed by atoms with Crippen molar-refractivity contribution >= 4 is 33.6 Å². The van der Waals surface area contributed by atoms with Gasteiger partial charge >= 0.3 is 0 Å². The van der Waals surface area contributed by atoms with Crippen molar-refractivity contribution in [3.63, 3.8) is 0 Å². The van der Waals surface area contributed by atoms with E-state index in [1.807, 2.05) is 78.9 Å². The highest BCUT2D eigenvalue weighted by Gasteiger charge is 2.14. The number of hydrogen-bond acceptors (Lipinski definition) is 6. The number of para-hydroxylation sites is 2. The molecular formula is C28H24N8O2. The number of H-pyrrole nitrogens is 2. The van der Waals surface area contributed by atoms with E-state index in [1.165, 1.54) is 0 Å². The molecule has 0 saturated carbocycles. The lowest BCUT2D eigenvalue weighted by Crippen LogP contribution is -2.23. The number of nitrogens with zero attached hydrogens (tertiary/aromatic N) is 4. The molecule has 0 aliphatic heterocycles. The molecule has 0 aliphatic carbocycles. The molecule has 10 nitrogen and oxygen atoms in total. The van der Waals surface area contributed by atoms with Crippen molar-refractivity contribution < 1.29 is 9.59 Å². The second-order valence-corrected chi connectivity index (χ2v) is 8.28. The number of nitrogens with one attached hydrogen (secondary N) is 4. The Hall–Kier alpha value is -5.38. The lowest BCUT2D eigenvalue weighted by molar-refractivity contribution is 0.0939. The maximum absolute atomic E-state index is 12.1. The third kappa shape index (κ3) is 5.71. The summed E-state index contributed by atoms with van der Waals surface area (Å²) in [7, 11) is 0. The van der Waals surface area contributed by atoms with E-state index in [2.05, 4.69) is 41.0 Å². The molecule has 0 saturated heterocycles. The van der Waals surface area contributed by atoms with Crippen LogP contribution >= 0.6 is 0 Å². The molecule has 4 heterocycles. The van der Waals surface area contributed by atoms with Crippen LogP contribution in [0.3, 0.4) is 0 Å². The van der Waals surface area contributed by atoms with Gasteiger partial charge < -0.3 is 10.6 Å². The van der Waals surface area contributed by atoms with Gasteiger partial charge in [-0.1, -0.05) is 48.5 Å². The lowest BCUT2D eigenvalue weighted by atomic mass is 10.2. The van der Waals surface area contributed by atoms with Gasteiger partial charge in [-0.05, 0) is 35.9 Å². The number of carbonyl (C=O) groups is 2. The van der Waals surface area contributed by atoms with Gasteiger partial charge in [-0.3, -0.25) is 29.8 Å². The first-order valence-corrected chi connectivity index (χ1v) is 11.9. The first kappa shape index (κ1) is 24.3. The first-order chi connectivity index (χ1) is 18.7. The summed E-state index contributed by atoms with van der Waals surface area (Å²) in [6.45, 7) is 0.828. The van der Waals surface area contributed by atoms with Crippen LogP contribution in [-0.2, 0) is 13.1 Å². The lowest BCUT2D eigenvalue weighted by Gasteiger charge is -2.02. The Bertz CT molecular complexity index is 1540. The summed E-state index contributed by atoms with van der Waals surface area (Å²) in [5.41, 5.74) is 4.30. The van der Waals surface area contributed by atoms with E-state index in [4.69, 9.17) is 0 Å². The van der Waals surface area contributed by atoms with E-state index < -0.39 is 0 Å². The van der Waals surface area contributed by atoms with Gasteiger partial charge in [0.25, 0.3) is 11.8 Å². The molecule has 0 radical (unpaired) electrons. The summed E-state index contributed by atoms with van der Waals surface area (Å²) in [5, 5.41) is 21.1. The fourth-order valence-electron chi connectivity index (χ4n) is 3.80. The summed E-state index contributed by atoms with van der Waals surface area (Å²) in [6, 6.07) is 24.4. The molecule has 0 aliphatic rings. The molecule has 2 amide bonds. The van der Waals surface area contributed by atoms with Gasteiger partial charge in [0.2, 0.25) is 0 Å². The monoisotopic (exact) mass is 504 g/mol. The molecule has 38 heavy (non-hydrogen) atoms. The SMILES string of the molecule is O=C(NCc1ccccn1)c1n[nH]c2ccccc12.O=C(NCc1cccnc1)c1n[nH]c2ccccc12. The predicted octanol–water partition coefficient (Wildman–Crippen LogP) is 3.78. The number of aromatic amines is 2. The zero-order chi connectivity index (χ0) is 26.2. The van der Waals surface area contributed by atoms with Crippen molar-refractivity contribution in [3.8, 4) is 0 Å². The Labute approximate surface area is 217 Å². The summed E-state index contributed by atoms with van der Waals surface area (Å²) in [5.74, 6) is -0.399. The Balaban J connectivity index is 0.000000155. The van der Waals surface area contributed by atoms with E-state index in [1.54, 1.807) is 18.6 Å². The molecule has 6 aromatic rings. The molecule has 0 bridgehead atoms. The van der Waals surface area contributed by atoms with Crippen molar-refractivity contribution in [1.29, 1.82) is 0 Å². The van der Waals surface area contributed by atoms with E-state index in [0.29, 0.717) is 24.5 Å². The minimum Gasteiger partial charge on any atom is -0.346 e. The molecule has 10 heteroatoms. The van der Waals surface area contributed by atoms with Crippen LogP contribution in [0, 0.1) is 0 Å². The summed E-state index contributed by atoms with van der Waals surface area (Å²) in [6.07, 6.45) is 5.13. The van der Waals surface area contributed by atoms with Crippen LogP contribution in [0.1, 0.15) is 32.2 Å². The van der Waals surface area contributed by atoms with Crippen LogP contribution in [0.4, 0.5) is 0 Å². The second kappa shape index (κ2) is 11.6. The molecule has 4 N–H and O–H groups in total. The molecule has 188 valence electrons. The molecular weight excluding hydrogens is 480 g/mol. The van der Waals surface area contributed by atoms with Gasteiger partial charge in [-0.15, -0.1) is 0 Å². The summed E-state index contributed by atoms with van der Waals surface area (Å²) in [4.78, 5) is 32.3. The topological polar surface area (TPSA) is 141 Å². The maximum Gasteiger partial charge on any atom is 0.272 e. The summed E-state index contributed by atoms with van der Waals surface area (Å²) >= 11 is 0. The smallest absolute Gasteiger partial charge is 0.272 e. The number of rotatable bonds is 6. The normalized spacial score (nSPS) is 10.5. The number of benzene rings is 2. The van der Waals surface area contributed by atoms with E-state index in [0.717, 1.165) is 33.1 Å². The van der Waals surface area contributed by atoms with E-state index >= 15 is 0 Å². The van der Waals surface area contributed by atoms with Gasteiger partial charge in [-0.25, -0.2) is 0 Å². The molecule has 0 unspecified atom stereocenters. The Morgan fingerprint density at radius 2 is 1.26 bits per heavy atom. The molecule has 0 spiro atoms. The minimum atomic E-state index is -0.205. The fraction of sp³-hybridized carbons (Fsp3) is 0.0714. The highest BCUT2D eigenvalue weighted by Crippen LogP contribution is 2.16. The van der Waals surface area contributed by atoms with E-state index in [9.17, 15) is 9.59 Å². The predicted molar refractivity (Wildman–Crippen MR) is 143 cm³/mol. The van der Waals surface area contributed by atoms with Crippen molar-refractivity contribution in [2.24, 2.45) is 0 Å². The highest BCUT2D eigenvalue weighted by molar-refractivity contribution is 6.05. The molecule has 0 fully saturated rings. The Morgan fingerprint density at radius 3 is 1.84 bits per heavy atom. The van der Waals surface area contributed by atoms with Crippen LogP contribution in [-0.4, -0.2) is 42.2 Å². The number of aromatic nitrogens is 6. The van der Waals surface area contributed by atoms with Gasteiger partial charge in [0.1, 0.15) is 0 Å². The number of amides is 2. The van der Waals surface area contributed by atoms with Crippen molar-refractivity contribution in [3.05, 3.63) is 120 Å². The third-order valence-electron chi connectivity index (χ3n) is 5.70. The number of fused-ring (bicyclic) bond motifs is 2. The van der Waals surface area contributed by atoms with Crippen molar-refractivity contribution in [1.82, 2.24) is 41.0 Å². The zero-order valence-electron chi connectivity index (χ0n) is 20.3. The molecule has 2 aromatic carbocycles. The molecule has 6 rings (SSSR count). The van der Waals surface area contributed by atoms with E-state index in [-0.39, 0.29) is 11.8 Å². The number of pyridine rings is 2. The fourth-order valence-corrected chi connectivity index (χ4v) is 3.80. The van der Waals surface area contributed by atoms with Crippen LogP contribution in [0.15, 0.2) is 97.5 Å². The van der Waals surface area contributed by atoms with Crippen molar-refractivity contribution in [2.75, 3.05) is 0 Å². The number of carbonyl (C=O) groups excluding carboxylic acids is 2.